The van der Waals surface area contributed by atoms with Crippen LogP contribution < -0.4 is 5.32 Å². The van der Waals surface area contributed by atoms with Crippen molar-refractivity contribution in [3.05, 3.63) is 81.4 Å². The number of nitrogens with zero attached hydrogens (tertiary/aromatic N) is 4. The van der Waals surface area contributed by atoms with Crippen LogP contribution in [0.15, 0.2) is 24.3 Å². The Hall–Kier alpha value is -4.05. The van der Waals surface area contributed by atoms with Crippen molar-refractivity contribution in [3.8, 4) is 0 Å². The minimum absolute atomic E-state index is 0.101. The van der Waals surface area contributed by atoms with Crippen molar-refractivity contribution < 1.29 is 33.6 Å². The molecule has 14 nitrogen and oxygen atoms in total. The first-order valence-corrected chi connectivity index (χ1v) is 8.53. The normalized spacial score (nSPS) is 10.0. The van der Waals surface area contributed by atoms with Crippen LogP contribution in [0.5, 0.6) is 0 Å². The topological polar surface area (TPSA) is 205 Å². The zero-order chi connectivity index (χ0) is 24.6. The maximum atomic E-state index is 13.0. The van der Waals surface area contributed by atoms with E-state index >= 15 is 0 Å². The SMILES string of the molecule is O=[N+]([O-])c1cc(F)cc([N+](=O)[O-])c1Cl.O=[N+]([O-])c1cc(F)cc([N+](=O)[O-])c1NCCCO. The van der Waals surface area contributed by atoms with Crippen LogP contribution in [-0.2, 0) is 0 Å². The smallest absolute Gasteiger partial charge is 0.302 e. The Kier molecular flexibility index (Phi) is 9.23. The van der Waals surface area contributed by atoms with E-state index in [9.17, 15) is 49.2 Å². The Bertz CT molecular complexity index is 1000. The molecule has 2 rings (SSSR count). The van der Waals surface area contributed by atoms with Crippen LogP contribution in [0, 0.1) is 52.1 Å². The van der Waals surface area contributed by atoms with Crippen LogP contribution in [0.4, 0.5) is 37.2 Å². The Morgan fingerprint density at radius 2 is 1.12 bits per heavy atom. The van der Waals surface area contributed by atoms with E-state index in [-0.39, 0.29) is 25.3 Å². The molecule has 2 aromatic rings. The van der Waals surface area contributed by atoms with Crippen molar-refractivity contribution in [2.75, 3.05) is 18.5 Å². The lowest BCUT2D eigenvalue weighted by atomic mass is 10.2. The Balaban J connectivity index is 0.000000330. The molecule has 0 bridgehead atoms. The van der Waals surface area contributed by atoms with Crippen LogP contribution in [0.2, 0.25) is 5.02 Å². The van der Waals surface area contributed by atoms with E-state index in [2.05, 4.69) is 5.32 Å². The van der Waals surface area contributed by atoms with Gasteiger partial charge in [-0.25, -0.2) is 8.78 Å². The van der Waals surface area contributed by atoms with Crippen molar-refractivity contribution in [3.63, 3.8) is 0 Å². The van der Waals surface area contributed by atoms with E-state index in [1.807, 2.05) is 0 Å². The van der Waals surface area contributed by atoms with Gasteiger partial charge in [0.05, 0.1) is 44.0 Å². The molecule has 0 heterocycles. The maximum Gasteiger partial charge on any atom is 0.302 e. The number of nitro groups is 4. The molecular weight excluding hydrogens is 468 g/mol. The van der Waals surface area contributed by atoms with Gasteiger partial charge in [0, 0.05) is 13.2 Å². The van der Waals surface area contributed by atoms with Crippen LogP contribution >= 0.6 is 11.6 Å². The van der Waals surface area contributed by atoms with Crippen molar-refractivity contribution >= 4 is 40.0 Å². The van der Waals surface area contributed by atoms with E-state index in [4.69, 9.17) is 16.7 Å². The Morgan fingerprint density at radius 1 is 0.781 bits per heavy atom. The summed E-state index contributed by atoms with van der Waals surface area (Å²) in [4.78, 5) is 38.2. The van der Waals surface area contributed by atoms with Gasteiger partial charge in [0.2, 0.25) is 0 Å². The van der Waals surface area contributed by atoms with Crippen LogP contribution in [0.1, 0.15) is 6.42 Å². The average Bonchev–Trinajstić information content (AvgIpc) is 2.70. The van der Waals surface area contributed by atoms with Gasteiger partial charge >= 0.3 is 11.4 Å². The molecule has 0 aliphatic heterocycles. The standard InChI is InChI=1S/C9H10FN3O5.C6H2ClFN2O4/c10-6-4-7(12(15)16)9(11-2-1-3-14)8(5-6)13(17)18;7-6-4(9(11)12)1-3(8)2-5(6)10(13)14/h4-5,11,14H,1-3H2;1-2H. The van der Waals surface area contributed by atoms with Gasteiger partial charge in [-0.1, -0.05) is 11.6 Å². The fraction of sp³-hybridized carbons (Fsp3) is 0.200. The molecule has 172 valence electrons. The zero-order valence-electron chi connectivity index (χ0n) is 15.6. The van der Waals surface area contributed by atoms with Crippen LogP contribution in [0.3, 0.4) is 0 Å². The lowest BCUT2D eigenvalue weighted by Crippen LogP contribution is -2.08. The van der Waals surface area contributed by atoms with Gasteiger partial charge in [0.1, 0.15) is 11.6 Å². The molecule has 2 aromatic carbocycles. The highest BCUT2D eigenvalue weighted by atomic mass is 35.5. The van der Waals surface area contributed by atoms with Crippen molar-refractivity contribution in [1.29, 1.82) is 0 Å². The van der Waals surface area contributed by atoms with E-state index in [1.165, 1.54) is 0 Å². The third-order valence-corrected chi connectivity index (χ3v) is 3.87. The second kappa shape index (κ2) is 11.4. The van der Waals surface area contributed by atoms with Crippen molar-refractivity contribution in [2.45, 2.75) is 6.42 Å². The number of rotatable bonds is 8. The molecule has 0 atom stereocenters. The number of nitrogens with one attached hydrogen (secondary N) is 1. The third kappa shape index (κ3) is 6.74. The lowest BCUT2D eigenvalue weighted by Gasteiger charge is -2.07. The second-order valence-corrected chi connectivity index (χ2v) is 5.99. The van der Waals surface area contributed by atoms with Crippen LogP contribution in [0.25, 0.3) is 0 Å². The molecule has 2 N–H and O–H groups in total. The largest absolute Gasteiger partial charge is 0.396 e. The minimum atomic E-state index is -1.08. The highest BCUT2D eigenvalue weighted by Crippen LogP contribution is 2.35. The van der Waals surface area contributed by atoms with Crippen molar-refractivity contribution in [2.24, 2.45) is 0 Å². The van der Waals surface area contributed by atoms with Gasteiger partial charge < -0.3 is 10.4 Å². The van der Waals surface area contributed by atoms with E-state index in [1.54, 1.807) is 0 Å². The predicted octanol–water partition coefficient (Wildman–Crippen LogP) is 3.73. The number of aliphatic hydroxyl groups excluding tert-OH is 1. The summed E-state index contributed by atoms with van der Waals surface area (Å²) in [5.41, 5.74) is -3.42. The minimum Gasteiger partial charge on any atom is -0.396 e. The number of hydrogen-bond acceptors (Lipinski definition) is 10. The molecule has 17 heteroatoms. The molecule has 0 spiro atoms. The number of anilines is 1. The Labute approximate surface area is 180 Å². The number of benzene rings is 2. The van der Waals surface area contributed by atoms with Gasteiger partial charge in [-0.3, -0.25) is 40.5 Å². The number of hydrogen-bond donors (Lipinski definition) is 2. The van der Waals surface area contributed by atoms with E-state index in [0.29, 0.717) is 24.3 Å². The molecule has 0 saturated carbocycles. The number of nitro benzene ring substituents is 4. The molecule has 0 amide bonds. The predicted molar refractivity (Wildman–Crippen MR) is 105 cm³/mol. The highest BCUT2D eigenvalue weighted by Gasteiger charge is 2.27. The quantitative estimate of drug-likeness (QED) is 0.318. The molecule has 0 aromatic heterocycles. The second-order valence-electron chi connectivity index (χ2n) is 5.61. The summed E-state index contributed by atoms with van der Waals surface area (Å²) < 4.78 is 25.7. The monoisotopic (exact) mass is 479 g/mol. The summed E-state index contributed by atoms with van der Waals surface area (Å²) >= 11 is 5.32. The first kappa shape index (κ1) is 26.0. The van der Waals surface area contributed by atoms with Gasteiger partial charge in [-0.2, -0.15) is 0 Å². The number of aliphatic hydroxyl groups is 1. The maximum absolute atomic E-state index is 13.0. The molecule has 0 unspecified atom stereocenters. The highest BCUT2D eigenvalue weighted by molar-refractivity contribution is 6.34. The molecule has 0 saturated heterocycles. The van der Waals surface area contributed by atoms with Gasteiger partial charge in [-0.15, -0.1) is 0 Å². The molecular formula is C15H12ClF2N5O9. The van der Waals surface area contributed by atoms with Crippen molar-refractivity contribution in [1.82, 2.24) is 0 Å². The summed E-state index contributed by atoms with van der Waals surface area (Å²) in [5, 5.41) is 52.3. The van der Waals surface area contributed by atoms with Crippen LogP contribution in [-0.4, -0.2) is 38.0 Å². The Morgan fingerprint density at radius 3 is 1.44 bits per heavy atom. The molecule has 0 aliphatic carbocycles. The molecule has 32 heavy (non-hydrogen) atoms. The average molecular weight is 480 g/mol. The van der Waals surface area contributed by atoms with Gasteiger partial charge in [0.25, 0.3) is 11.4 Å². The summed E-state index contributed by atoms with van der Waals surface area (Å²) in [7, 11) is 0. The number of halogens is 3. The molecule has 0 fully saturated rings. The van der Waals surface area contributed by atoms with E-state index < -0.39 is 59.1 Å². The van der Waals surface area contributed by atoms with Gasteiger partial charge in [0.15, 0.2) is 10.7 Å². The fourth-order valence-electron chi connectivity index (χ4n) is 2.17. The third-order valence-electron chi connectivity index (χ3n) is 3.48. The zero-order valence-corrected chi connectivity index (χ0v) is 16.3. The first-order chi connectivity index (χ1) is 14.9. The summed E-state index contributed by atoms with van der Waals surface area (Å²) in [5.74, 6) is -2.13. The summed E-state index contributed by atoms with van der Waals surface area (Å²) in [6.45, 7) is -0.0698. The lowest BCUT2D eigenvalue weighted by molar-refractivity contribution is -0.394. The van der Waals surface area contributed by atoms with Gasteiger partial charge in [-0.05, 0) is 6.42 Å². The summed E-state index contributed by atoms with van der Waals surface area (Å²) in [6.07, 6.45) is 0.256. The first-order valence-electron chi connectivity index (χ1n) is 8.15. The summed E-state index contributed by atoms with van der Waals surface area (Å²) in [6, 6.07) is 2.26. The van der Waals surface area contributed by atoms with E-state index in [0.717, 1.165) is 0 Å². The fourth-order valence-corrected chi connectivity index (χ4v) is 2.41. The molecule has 0 radical (unpaired) electrons. The molecule has 0 aliphatic rings.